The molecule has 0 saturated heterocycles. The molecule has 0 radical (unpaired) electrons. The third-order valence-electron chi connectivity index (χ3n) is 7.38. The van der Waals surface area contributed by atoms with Crippen molar-refractivity contribution in [3.05, 3.63) is 111 Å². The first-order chi connectivity index (χ1) is 16.1. The lowest BCUT2D eigenvalue weighted by Gasteiger charge is -2.35. The molecule has 0 amide bonds. The van der Waals surface area contributed by atoms with Crippen molar-refractivity contribution in [3.63, 3.8) is 0 Å². The smallest absolute Gasteiger partial charge is 0.170 e. The summed E-state index contributed by atoms with van der Waals surface area (Å²) in [7, 11) is 0. The van der Waals surface area contributed by atoms with Gasteiger partial charge in [-0.3, -0.25) is 0 Å². The van der Waals surface area contributed by atoms with Crippen LogP contribution in [-0.4, -0.2) is 6.18 Å². The highest BCUT2D eigenvalue weighted by Crippen LogP contribution is 2.49. The van der Waals surface area contributed by atoms with Crippen molar-refractivity contribution in [2.45, 2.75) is 70.9 Å². The van der Waals surface area contributed by atoms with Gasteiger partial charge in [-0.25, -0.2) is 0 Å². The molecule has 0 heterocycles. The molecule has 0 N–H and O–H groups in total. The number of hydrogen-bond donors (Lipinski definition) is 0. The minimum atomic E-state index is -4.35. The Balaban J connectivity index is 1.70. The molecule has 3 aromatic rings. The van der Waals surface area contributed by atoms with E-state index in [0.29, 0.717) is 5.56 Å². The lowest BCUT2D eigenvalue weighted by molar-refractivity contribution is -0.188. The molecule has 3 aromatic carbocycles. The van der Waals surface area contributed by atoms with Gasteiger partial charge in [-0.15, -0.1) is 0 Å². The van der Waals surface area contributed by atoms with E-state index in [9.17, 15) is 13.2 Å². The van der Waals surface area contributed by atoms with Crippen molar-refractivity contribution in [2.75, 3.05) is 0 Å². The van der Waals surface area contributed by atoms with Gasteiger partial charge >= 0.3 is 6.18 Å². The second kappa shape index (κ2) is 9.44. The van der Waals surface area contributed by atoms with Gasteiger partial charge in [-0.2, -0.15) is 13.2 Å². The molecule has 178 valence electrons. The second-order valence-electron chi connectivity index (χ2n) is 9.97. The van der Waals surface area contributed by atoms with E-state index in [1.165, 1.54) is 18.1 Å². The maximum atomic E-state index is 14.7. The van der Waals surface area contributed by atoms with Crippen molar-refractivity contribution < 1.29 is 13.2 Å². The summed E-state index contributed by atoms with van der Waals surface area (Å²) in [5.74, 6) is -0.247. The Labute approximate surface area is 201 Å². The Kier molecular flexibility index (Phi) is 6.75. The summed E-state index contributed by atoms with van der Waals surface area (Å²) >= 11 is 0. The fraction of sp³-hybridized carbons (Fsp3) is 0.355. The summed E-state index contributed by atoms with van der Waals surface area (Å²) in [6.07, 6.45) is 1.98. The van der Waals surface area contributed by atoms with Crippen LogP contribution in [0.25, 0.3) is 6.08 Å². The molecule has 0 aliphatic heterocycles. The molecule has 0 saturated carbocycles. The zero-order valence-electron chi connectivity index (χ0n) is 20.5. The molecule has 2 unspecified atom stereocenters. The highest BCUT2D eigenvalue weighted by molar-refractivity contribution is 5.65. The lowest BCUT2D eigenvalue weighted by Crippen LogP contribution is -2.40. The topological polar surface area (TPSA) is 0 Å². The average Bonchev–Trinajstić information content (AvgIpc) is 3.19. The number of rotatable bonds is 7. The van der Waals surface area contributed by atoms with E-state index in [1.54, 1.807) is 6.07 Å². The van der Waals surface area contributed by atoms with Gasteiger partial charge in [0, 0.05) is 5.92 Å². The summed E-state index contributed by atoms with van der Waals surface area (Å²) in [5, 5.41) is 0. The van der Waals surface area contributed by atoms with Gasteiger partial charge < -0.3 is 0 Å². The number of halogens is 3. The van der Waals surface area contributed by atoms with Gasteiger partial charge in [0.2, 0.25) is 0 Å². The van der Waals surface area contributed by atoms with Crippen LogP contribution in [0.1, 0.15) is 77.1 Å². The van der Waals surface area contributed by atoms with Gasteiger partial charge in [-0.1, -0.05) is 91.7 Å². The Morgan fingerprint density at radius 3 is 2.29 bits per heavy atom. The van der Waals surface area contributed by atoms with Crippen LogP contribution in [0, 0.1) is 13.8 Å². The normalized spacial score (nSPS) is 17.0. The summed E-state index contributed by atoms with van der Waals surface area (Å²) in [6.45, 7) is 7.52. The van der Waals surface area contributed by atoms with Gasteiger partial charge in [0.25, 0.3) is 0 Å². The summed E-state index contributed by atoms with van der Waals surface area (Å²) in [4.78, 5) is 0. The highest BCUT2D eigenvalue weighted by Gasteiger charge is 2.53. The van der Waals surface area contributed by atoms with Crippen molar-refractivity contribution in [3.8, 4) is 0 Å². The van der Waals surface area contributed by atoms with Crippen LogP contribution in [0.4, 0.5) is 13.2 Å². The molecule has 3 heteroatoms. The quantitative estimate of drug-likeness (QED) is 0.329. The first kappa shape index (κ1) is 24.3. The van der Waals surface area contributed by atoms with E-state index in [-0.39, 0.29) is 12.3 Å². The molecule has 0 fully saturated rings. The number of hydrogen-bond acceptors (Lipinski definition) is 0. The van der Waals surface area contributed by atoms with Crippen molar-refractivity contribution >= 4 is 6.08 Å². The molecule has 2 atom stereocenters. The maximum absolute atomic E-state index is 14.7. The number of aryl methyl sites for hydroxylation is 3. The van der Waals surface area contributed by atoms with Gasteiger partial charge in [0.1, 0.15) is 0 Å². The fourth-order valence-corrected chi connectivity index (χ4v) is 5.15. The third-order valence-corrected chi connectivity index (χ3v) is 7.38. The molecule has 0 bridgehead atoms. The zero-order valence-corrected chi connectivity index (χ0v) is 20.5. The summed E-state index contributed by atoms with van der Waals surface area (Å²) < 4.78 is 44.0. The lowest BCUT2D eigenvalue weighted by atomic mass is 9.72. The molecule has 1 aliphatic carbocycles. The van der Waals surface area contributed by atoms with E-state index in [4.69, 9.17) is 0 Å². The van der Waals surface area contributed by atoms with Crippen LogP contribution in [0.15, 0.2) is 66.7 Å². The van der Waals surface area contributed by atoms with Crippen LogP contribution < -0.4 is 0 Å². The Morgan fingerprint density at radius 2 is 1.62 bits per heavy atom. The number of fused-ring (bicyclic) bond motifs is 1. The van der Waals surface area contributed by atoms with Crippen molar-refractivity contribution in [1.82, 2.24) is 0 Å². The molecule has 0 nitrogen and oxygen atoms in total. The summed E-state index contributed by atoms with van der Waals surface area (Å²) in [5.41, 5.74) is 6.12. The predicted molar refractivity (Wildman–Crippen MR) is 135 cm³/mol. The molecular weight excluding hydrogens is 429 g/mol. The van der Waals surface area contributed by atoms with Crippen molar-refractivity contribution in [1.29, 1.82) is 0 Å². The standard InChI is InChI=1S/C31H33F3/c1-5-7-24-19-27(16-14-25(24)18-23-12-10-21(2)11-13-23)30(4,31(32,33)34)20-26-15-17-28-22(3)8-6-9-29(26)28/h6,8-17,19,26H,5,7,18,20H2,1-4H3. The van der Waals surface area contributed by atoms with E-state index in [2.05, 4.69) is 38.1 Å². The Bertz CT molecular complexity index is 1180. The highest BCUT2D eigenvalue weighted by atomic mass is 19.4. The molecular formula is C31H33F3. The van der Waals surface area contributed by atoms with E-state index >= 15 is 0 Å². The Morgan fingerprint density at radius 1 is 0.882 bits per heavy atom. The molecule has 34 heavy (non-hydrogen) atoms. The maximum Gasteiger partial charge on any atom is 0.398 e. The number of alkyl halides is 3. The first-order valence-corrected chi connectivity index (χ1v) is 12.1. The number of benzene rings is 3. The largest absolute Gasteiger partial charge is 0.398 e. The Hall–Kier alpha value is -2.81. The summed E-state index contributed by atoms with van der Waals surface area (Å²) in [6, 6.07) is 19.8. The van der Waals surface area contributed by atoms with Crippen LogP contribution >= 0.6 is 0 Å². The van der Waals surface area contributed by atoms with Gasteiger partial charge in [-0.05, 0) is 79.0 Å². The van der Waals surface area contributed by atoms with Crippen molar-refractivity contribution in [2.24, 2.45) is 0 Å². The minimum Gasteiger partial charge on any atom is -0.170 e. The van der Waals surface area contributed by atoms with Crippen LogP contribution in [0.5, 0.6) is 0 Å². The van der Waals surface area contributed by atoms with E-state index in [0.717, 1.165) is 47.1 Å². The third kappa shape index (κ3) is 4.71. The fourth-order valence-electron chi connectivity index (χ4n) is 5.15. The van der Waals surface area contributed by atoms with Crippen LogP contribution in [0.2, 0.25) is 0 Å². The first-order valence-electron chi connectivity index (χ1n) is 12.1. The van der Waals surface area contributed by atoms with Crippen LogP contribution in [-0.2, 0) is 18.3 Å². The molecule has 0 aromatic heterocycles. The molecule has 4 rings (SSSR count). The van der Waals surface area contributed by atoms with E-state index in [1.807, 2.05) is 49.4 Å². The molecule has 1 aliphatic rings. The monoisotopic (exact) mass is 462 g/mol. The molecule has 0 spiro atoms. The van der Waals surface area contributed by atoms with Gasteiger partial charge in [0.05, 0.1) is 5.41 Å². The van der Waals surface area contributed by atoms with Crippen LogP contribution in [0.3, 0.4) is 0 Å². The number of allylic oxidation sites excluding steroid dienone is 1. The second-order valence-corrected chi connectivity index (χ2v) is 9.97. The predicted octanol–water partition coefficient (Wildman–Crippen LogP) is 8.87. The SMILES string of the molecule is CCCc1cc(C(C)(CC2C=Cc3c(C)cccc32)C(F)(F)F)ccc1Cc1ccc(C)cc1. The minimum absolute atomic E-state index is 0.00628. The average molecular weight is 463 g/mol. The zero-order chi connectivity index (χ0) is 24.5. The van der Waals surface area contributed by atoms with E-state index < -0.39 is 11.6 Å². The van der Waals surface area contributed by atoms with Gasteiger partial charge in [0.15, 0.2) is 0 Å².